The predicted octanol–water partition coefficient (Wildman–Crippen LogP) is 3.66. The van der Waals surface area contributed by atoms with Gasteiger partial charge in [0.2, 0.25) is 0 Å². The van der Waals surface area contributed by atoms with Crippen molar-refractivity contribution < 1.29 is 4.74 Å². The Bertz CT molecular complexity index is 698. The molecule has 3 rings (SSSR count). The average molecular weight is 354 g/mol. The topological polar surface area (TPSA) is 59.1 Å². The summed E-state index contributed by atoms with van der Waals surface area (Å²) in [5.41, 5.74) is 2.38. The summed E-state index contributed by atoms with van der Waals surface area (Å²) in [4.78, 5) is 9.02. The Morgan fingerprint density at radius 3 is 2.58 bits per heavy atom. The highest BCUT2D eigenvalue weighted by Crippen LogP contribution is 2.26. The first kappa shape index (κ1) is 18.8. The van der Waals surface area contributed by atoms with Gasteiger partial charge in [0, 0.05) is 43.1 Å². The Morgan fingerprint density at radius 1 is 1.15 bits per heavy atom. The normalized spacial score (nSPS) is 17.7. The molecule has 1 unspecified atom stereocenters. The standard InChI is InChI=1S/C21H30N4O/c1-4-19-14-20(24-17(3)23-19)22-15-21(10-12-26-13-11-21)25-16(2)18-8-6-5-7-9-18/h5-9,14,16,25H,4,10-13,15H2,1-3H3,(H,22,23,24). The summed E-state index contributed by atoms with van der Waals surface area (Å²) in [5, 5.41) is 7.43. The molecule has 5 nitrogen and oxygen atoms in total. The first-order valence-electron chi connectivity index (χ1n) is 9.59. The van der Waals surface area contributed by atoms with Gasteiger partial charge >= 0.3 is 0 Å². The van der Waals surface area contributed by atoms with Gasteiger partial charge in [-0.15, -0.1) is 0 Å². The van der Waals surface area contributed by atoms with Gasteiger partial charge in [0.05, 0.1) is 0 Å². The van der Waals surface area contributed by atoms with Crippen LogP contribution < -0.4 is 10.6 Å². The van der Waals surface area contributed by atoms with Gasteiger partial charge in [-0.3, -0.25) is 0 Å². The molecule has 0 bridgehead atoms. The number of rotatable bonds is 7. The maximum absolute atomic E-state index is 5.63. The van der Waals surface area contributed by atoms with Crippen molar-refractivity contribution >= 4 is 5.82 Å². The highest BCUT2D eigenvalue weighted by Gasteiger charge is 2.34. The molecular formula is C21H30N4O. The SMILES string of the molecule is CCc1cc(NCC2(NC(C)c3ccccc3)CCOCC2)nc(C)n1. The fraction of sp³-hybridized carbons (Fsp3) is 0.524. The summed E-state index contributed by atoms with van der Waals surface area (Å²) in [6, 6.07) is 13.0. The molecule has 1 atom stereocenters. The van der Waals surface area contributed by atoms with Crippen LogP contribution in [0.3, 0.4) is 0 Å². The van der Waals surface area contributed by atoms with Gasteiger partial charge in [-0.05, 0) is 38.7 Å². The van der Waals surface area contributed by atoms with E-state index in [0.717, 1.165) is 56.4 Å². The van der Waals surface area contributed by atoms with Gasteiger partial charge < -0.3 is 15.4 Å². The van der Waals surface area contributed by atoms with Crippen molar-refractivity contribution in [3.05, 3.63) is 53.5 Å². The van der Waals surface area contributed by atoms with Gasteiger partial charge in [0.25, 0.3) is 0 Å². The van der Waals surface area contributed by atoms with E-state index in [-0.39, 0.29) is 11.6 Å². The van der Waals surface area contributed by atoms with Crippen molar-refractivity contribution in [3.63, 3.8) is 0 Å². The van der Waals surface area contributed by atoms with E-state index in [4.69, 9.17) is 4.74 Å². The van der Waals surface area contributed by atoms with Gasteiger partial charge in [0.15, 0.2) is 0 Å². The van der Waals surface area contributed by atoms with E-state index in [9.17, 15) is 0 Å². The van der Waals surface area contributed by atoms with Crippen LogP contribution in [0, 0.1) is 6.92 Å². The molecule has 0 spiro atoms. The van der Waals surface area contributed by atoms with Crippen molar-refractivity contribution in [1.29, 1.82) is 0 Å². The summed E-state index contributed by atoms with van der Waals surface area (Å²) < 4.78 is 5.63. The van der Waals surface area contributed by atoms with Crippen molar-refractivity contribution in [2.45, 2.75) is 51.6 Å². The van der Waals surface area contributed by atoms with Gasteiger partial charge in [0.1, 0.15) is 11.6 Å². The lowest BCUT2D eigenvalue weighted by atomic mass is 9.88. The van der Waals surface area contributed by atoms with E-state index in [2.05, 4.69) is 70.8 Å². The first-order valence-corrected chi connectivity index (χ1v) is 9.59. The molecular weight excluding hydrogens is 324 g/mol. The minimum Gasteiger partial charge on any atom is -0.381 e. The van der Waals surface area contributed by atoms with Crippen LogP contribution in [-0.4, -0.2) is 35.3 Å². The molecule has 26 heavy (non-hydrogen) atoms. The van der Waals surface area contributed by atoms with Gasteiger partial charge in [-0.1, -0.05) is 37.3 Å². The molecule has 1 saturated heterocycles. The second kappa shape index (κ2) is 8.60. The van der Waals surface area contributed by atoms with E-state index >= 15 is 0 Å². The average Bonchev–Trinajstić information content (AvgIpc) is 2.67. The predicted molar refractivity (Wildman–Crippen MR) is 105 cm³/mol. The van der Waals surface area contributed by atoms with Crippen molar-refractivity contribution in [3.8, 4) is 0 Å². The summed E-state index contributed by atoms with van der Waals surface area (Å²) in [5.74, 6) is 1.73. The summed E-state index contributed by atoms with van der Waals surface area (Å²) >= 11 is 0. The zero-order valence-corrected chi connectivity index (χ0v) is 16.1. The van der Waals surface area contributed by atoms with Crippen LogP contribution in [0.15, 0.2) is 36.4 Å². The lowest BCUT2D eigenvalue weighted by Gasteiger charge is -2.40. The van der Waals surface area contributed by atoms with Crippen LogP contribution in [0.1, 0.15) is 49.8 Å². The number of aromatic nitrogens is 2. The van der Waals surface area contributed by atoms with Crippen LogP contribution >= 0.6 is 0 Å². The highest BCUT2D eigenvalue weighted by molar-refractivity contribution is 5.37. The Hall–Kier alpha value is -1.98. The Morgan fingerprint density at radius 2 is 1.88 bits per heavy atom. The molecule has 2 N–H and O–H groups in total. The number of anilines is 1. The van der Waals surface area contributed by atoms with Crippen molar-refractivity contribution in [2.24, 2.45) is 0 Å². The van der Waals surface area contributed by atoms with Crippen molar-refractivity contribution in [2.75, 3.05) is 25.1 Å². The fourth-order valence-corrected chi connectivity index (χ4v) is 3.58. The first-order chi connectivity index (χ1) is 12.6. The maximum atomic E-state index is 5.63. The van der Waals surface area contributed by atoms with Crippen LogP contribution in [0.4, 0.5) is 5.82 Å². The fourth-order valence-electron chi connectivity index (χ4n) is 3.58. The van der Waals surface area contributed by atoms with E-state index in [1.54, 1.807) is 0 Å². The third-order valence-electron chi connectivity index (χ3n) is 5.13. The maximum Gasteiger partial charge on any atom is 0.129 e. The van der Waals surface area contributed by atoms with Crippen LogP contribution in [0.2, 0.25) is 0 Å². The minimum atomic E-state index is -0.00125. The molecule has 0 saturated carbocycles. The second-order valence-electron chi connectivity index (χ2n) is 7.17. The van der Waals surface area contributed by atoms with E-state index in [1.807, 2.05) is 6.92 Å². The molecule has 140 valence electrons. The Balaban J connectivity index is 1.72. The molecule has 2 aromatic rings. The zero-order valence-electron chi connectivity index (χ0n) is 16.1. The van der Waals surface area contributed by atoms with Crippen LogP contribution in [0.25, 0.3) is 0 Å². The number of ether oxygens (including phenoxy) is 1. The number of hydrogen-bond acceptors (Lipinski definition) is 5. The van der Waals surface area contributed by atoms with Gasteiger partial charge in [-0.25, -0.2) is 9.97 Å². The molecule has 1 aromatic heterocycles. The number of benzene rings is 1. The van der Waals surface area contributed by atoms with Gasteiger partial charge in [-0.2, -0.15) is 0 Å². The number of aryl methyl sites for hydroxylation is 2. The lowest BCUT2D eigenvalue weighted by Crippen LogP contribution is -2.54. The largest absolute Gasteiger partial charge is 0.381 e. The van der Waals surface area contributed by atoms with E-state index in [1.165, 1.54) is 5.56 Å². The molecule has 0 radical (unpaired) electrons. The van der Waals surface area contributed by atoms with Crippen molar-refractivity contribution in [1.82, 2.24) is 15.3 Å². The third-order valence-corrected chi connectivity index (χ3v) is 5.13. The monoisotopic (exact) mass is 354 g/mol. The van der Waals surface area contributed by atoms with E-state index < -0.39 is 0 Å². The summed E-state index contributed by atoms with van der Waals surface area (Å²) in [7, 11) is 0. The molecule has 1 aliphatic rings. The molecule has 1 aromatic carbocycles. The molecule has 1 aliphatic heterocycles. The summed E-state index contributed by atoms with van der Waals surface area (Å²) in [6.45, 7) is 8.71. The third kappa shape index (κ3) is 4.80. The van der Waals surface area contributed by atoms with Crippen LogP contribution in [-0.2, 0) is 11.2 Å². The smallest absolute Gasteiger partial charge is 0.129 e. The molecule has 2 heterocycles. The Kier molecular flexibility index (Phi) is 6.22. The minimum absolute atomic E-state index is 0.00125. The molecule has 5 heteroatoms. The molecule has 0 amide bonds. The number of hydrogen-bond donors (Lipinski definition) is 2. The van der Waals surface area contributed by atoms with E-state index in [0.29, 0.717) is 0 Å². The molecule has 0 aliphatic carbocycles. The zero-order chi connectivity index (χ0) is 18.4. The Labute approximate surface area is 156 Å². The highest BCUT2D eigenvalue weighted by atomic mass is 16.5. The quantitative estimate of drug-likeness (QED) is 0.795. The number of nitrogens with zero attached hydrogens (tertiary/aromatic N) is 2. The van der Waals surface area contributed by atoms with Crippen LogP contribution in [0.5, 0.6) is 0 Å². The second-order valence-corrected chi connectivity index (χ2v) is 7.17. The lowest BCUT2D eigenvalue weighted by molar-refractivity contribution is 0.0389. The summed E-state index contributed by atoms with van der Waals surface area (Å²) in [6.07, 6.45) is 2.89. The molecule has 1 fully saturated rings. The number of nitrogens with one attached hydrogen (secondary N) is 2.